The van der Waals surface area contributed by atoms with Crippen LogP contribution in [0.3, 0.4) is 0 Å². The predicted octanol–water partition coefficient (Wildman–Crippen LogP) is 4.79. The molecule has 0 saturated carbocycles. The van der Waals surface area contributed by atoms with E-state index >= 15 is 0 Å². The lowest BCUT2D eigenvalue weighted by Crippen LogP contribution is -2.29. The highest BCUT2D eigenvalue weighted by atomic mass is 32.2. The van der Waals surface area contributed by atoms with Crippen LogP contribution < -0.4 is 10.1 Å². The summed E-state index contributed by atoms with van der Waals surface area (Å²) in [4.78, 5) is 16.4. The van der Waals surface area contributed by atoms with E-state index in [2.05, 4.69) is 10.3 Å². The number of nitrogens with one attached hydrogen (secondary N) is 1. The van der Waals surface area contributed by atoms with Gasteiger partial charge in [0.15, 0.2) is 11.6 Å². The van der Waals surface area contributed by atoms with Gasteiger partial charge in [0, 0.05) is 24.4 Å². The second kappa shape index (κ2) is 12.9. The van der Waals surface area contributed by atoms with E-state index in [-0.39, 0.29) is 30.2 Å². The molecule has 0 radical (unpaired) electrons. The number of rotatable bonds is 10. The summed E-state index contributed by atoms with van der Waals surface area (Å²) in [5.74, 6) is -0.0607. The monoisotopic (exact) mass is 566 g/mol. The number of carbonyl (C=O) groups is 1. The Morgan fingerprint density at radius 1 is 1.07 bits per heavy atom. The van der Waals surface area contributed by atoms with Gasteiger partial charge < -0.3 is 14.6 Å². The molecule has 1 aliphatic carbocycles. The molecule has 40 heavy (non-hydrogen) atoms. The highest BCUT2D eigenvalue weighted by Crippen LogP contribution is 2.34. The van der Waals surface area contributed by atoms with Crippen molar-refractivity contribution < 1.29 is 27.8 Å². The van der Waals surface area contributed by atoms with Gasteiger partial charge in [0.1, 0.15) is 17.2 Å². The smallest absolute Gasteiger partial charge is 0.344 e. The molecule has 0 amide bonds. The first-order chi connectivity index (χ1) is 19.1. The molecule has 0 fully saturated rings. The van der Waals surface area contributed by atoms with Crippen LogP contribution in [-0.2, 0) is 32.2 Å². The minimum Gasteiger partial charge on any atom is -0.482 e. The number of hydrogen-bond acceptors (Lipinski definition) is 8. The van der Waals surface area contributed by atoms with Crippen LogP contribution in [0.5, 0.6) is 5.75 Å². The molecule has 4 rings (SSSR count). The fourth-order valence-electron chi connectivity index (χ4n) is 4.89. The molecule has 0 saturated heterocycles. The molecule has 8 nitrogen and oxygen atoms in total. The minimum absolute atomic E-state index is 0.0125. The highest BCUT2D eigenvalue weighted by Gasteiger charge is 2.25. The highest BCUT2D eigenvalue weighted by molar-refractivity contribution is 7.91. The Hall–Kier alpha value is -3.27. The predicted molar refractivity (Wildman–Crippen MR) is 154 cm³/mol. The molecule has 1 aliphatic rings. The molecule has 1 atom stereocenters. The number of aromatic nitrogens is 1. The third-order valence-corrected chi connectivity index (χ3v) is 8.14. The van der Waals surface area contributed by atoms with Crippen molar-refractivity contribution in [2.45, 2.75) is 69.5 Å². The zero-order chi connectivity index (χ0) is 28.8. The molecular formula is C31H38N2O6S. The van der Waals surface area contributed by atoms with Crippen molar-refractivity contribution in [2.24, 2.45) is 0 Å². The zero-order valence-corrected chi connectivity index (χ0v) is 24.2. The number of aliphatic hydroxyl groups excluding tert-OH is 1. The quantitative estimate of drug-likeness (QED) is 0.266. The first-order valence-electron chi connectivity index (χ1n) is 13.6. The van der Waals surface area contributed by atoms with Crippen molar-refractivity contribution in [3.05, 3.63) is 77.5 Å². The molecule has 3 aromatic rings. The van der Waals surface area contributed by atoms with Gasteiger partial charge >= 0.3 is 5.97 Å². The largest absolute Gasteiger partial charge is 0.482 e. The molecule has 9 heteroatoms. The number of aliphatic hydroxyl groups is 1. The second-order valence-electron chi connectivity index (χ2n) is 11.0. The molecular weight excluding hydrogens is 528 g/mol. The number of nitrogens with zero attached hydrogens (tertiary/aromatic N) is 1. The lowest BCUT2D eigenvalue weighted by Gasteiger charge is -2.22. The van der Waals surface area contributed by atoms with Crippen LogP contribution in [0.25, 0.3) is 11.1 Å². The fraction of sp³-hybridized carbons (Fsp3) is 0.419. The Balaban J connectivity index is 1.45. The van der Waals surface area contributed by atoms with E-state index in [1.54, 1.807) is 12.3 Å². The summed E-state index contributed by atoms with van der Waals surface area (Å²) in [6.45, 7) is 5.32. The maximum absolute atomic E-state index is 13.2. The molecule has 1 heterocycles. The lowest BCUT2D eigenvalue weighted by molar-refractivity contribution is -0.157. The maximum Gasteiger partial charge on any atom is 0.344 e. The summed E-state index contributed by atoms with van der Waals surface area (Å²) in [6, 6.07) is 16.6. The zero-order valence-electron chi connectivity index (χ0n) is 23.4. The summed E-state index contributed by atoms with van der Waals surface area (Å²) >= 11 is 0. The van der Waals surface area contributed by atoms with E-state index < -0.39 is 21.4 Å². The van der Waals surface area contributed by atoms with Crippen LogP contribution >= 0.6 is 0 Å². The van der Waals surface area contributed by atoms with Gasteiger partial charge in [-0.05, 0) is 86.9 Å². The average molecular weight is 567 g/mol. The number of sulfone groups is 1. The van der Waals surface area contributed by atoms with Crippen LogP contribution in [0, 0.1) is 0 Å². The van der Waals surface area contributed by atoms with Gasteiger partial charge in [0.2, 0.25) is 9.84 Å². The first kappa shape index (κ1) is 29.7. The fourth-order valence-corrected chi connectivity index (χ4v) is 5.95. The SMILES string of the molecule is CC(C)(C)OC(=O)COc1cccc2c1CCCCC2NCS(=O)(=O)c1ccc(-c2cccc(CCO)c2)cn1. The van der Waals surface area contributed by atoms with Gasteiger partial charge in [0.05, 0.1) is 0 Å². The Kier molecular flexibility index (Phi) is 9.60. The van der Waals surface area contributed by atoms with Crippen LogP contribution in [0.2, 0.25) is 0 Å². The molecule has 0 bridgehead atoms. The Labute approximate surface area is 236 Å². The molecule has 1 unspecified atom stereocenters. The molecule has 2 N–H and O–H groups in total. The van der Waals surface area contributed by atoms with Gasteiger partial charge in [0.25, 0.3) is 0 Å². The van der Waals surface area contributed by atoms with Crippen LogP contribution in [0.15, 0.2) is 65.8 Å². The van der Waals surface area contributed by atoms with E-state index in [4.69, 9.17) is 9.47 Å². The second-order valence-corrected chi connectivity index (χ2v) is 13.0. The summed E-state index contributed by atoms with van der Waals surface area (Å²) in [5.41, 5.74) is 4.12. The Morgan fingerprint density at radius 3 is 2.60 bits per heavy atom. The normalized spacial score (nSPS) is 15.7. The number of esters is 1. The average Bonchev–Trinajstić information content (AvgIpc) is 3.13. The van der Waals surface area contributed by atoms with Crippen molar-refractivity contribution >= 4 is 15.8 Å². The lowest BCUT2D eigenvalue weighted by atomic mass is 9.98. The van der Waals surface area contributed by atoms with Crippen molar-refractivity contribution in [3.8, 4) is 16.9 Å². The van der Waals surface area contributed by atoms with E-state index in [9.17, 15) is 18.3 Å². The summed E-state index contributed by atoms with van der Waals surface area (Å²) in [7, 11) is -3.69. The van der Waals surface area contributed by atoms with Crippen molar-refractivity contribution in [2.75, 3.05) is 19.1 Å². The van der Waals surface area contributed by atoms with Crippen LogP contribution in [0.1, 0.15) is 62.8 Å². The van der Waals surface area contributed by atoms with E-state index in [0.29, 0.717) is 12.2 Å². The van der Waals surface area contributed by atoms with Gasteiger partial charge in [-0.25, -0.2) is 18.2 Å². The van der Waals surface area contributed by atoms with Gasteiger partial charge in [-0.3, -0.25) is 5.32 Å². The minimum atomic E-state index is -3.69. The first-order valence-corrected chi connectivity index (χ1v) is 15.3. The standard InChI is InChI=1S/C31H38N2O6S/c1-31(2,3)39-30(35)20-38-28-13-7-11-25-26(28)10-4-5-12-27(25)33-21-40(36,37)29-15-14-24(19-32-29)23-9-6-8-22(18-23)16-17-34/h6-9,11,13-15,18-19,27,33-34H,4-5,10,12,16-17,20-21H2,1-3H3. The number of benzene rings is 2. The maximum atomic E-state index is 13.2. The van der Waals surface area contributed by atoms with Gasteiger partial charge in [-0.15, -0.1) is 0 Å². The number of pyridine rings is 1. The van der Waals surface area contributed by atoms with E-state index in [1.165, 1.54) is 6.07 Å². The summed E-state index contributed by atoms with van der Waals surface area (Å²) < 4.78 is 37.6. The number of fused-ring (bicyclic) bond motifs is 1. The molecule has 0 aliphatic heterocycles. The van der Waals surface area contributed by atoms with Crippen molar-refractivity contribution in [1.82, 2.24) is 10.3 Å². The third-order valence-electron chi connectivity index (χ3n) is 6.72. The van der Waals surface area contributed by atoms with E-state index in [0.717, 1.165) is 53.5 Å². The Bertz CT molecular complexity index is 1410. The number of hydrogen-bond donors (Lipinski definition) is 2. The molecule has 214 valence electrons. The summed E-state index contributed by atoms with van der Waals surface area (Å²) in [6.07, 6.45) is 5.57. The van der Waals surface area contributed by atoms with E-state index in [1.807, 2.05) is 63.2 Å². The molecule has 0 spiro atoms. The van der Waals surface area contributed by atoms with Gasteiger partial charge in [-0.1, -0.05) is 42.8 Å². The van der Waals surface area contributed by atoms with Crippen molar-refractivity contribution in [3.63, 3.8) is 0 Å². The summed E-state index contributed by atoms with van der Waals surface area (Å²) in [5, 5.41) is 12.5. The van der Waals surface area contributed by atoms with Crippen LogP contribution in [-0.4, -0.2) is 49.2 Å². The number of ether oxygens (including phenoxy) is 2. The van der Waals surface area contributed by atoms with Crippen molar-refractivity contribution in [1.29, 1.82) is 0 Å². The topological polar surface area (TPSA) is 115 Å². The number of carbonyl (C=O) groups excluding carboxylic acids is 1. The Morgan fingerprint density at radius 2 is 1.88 bits per heavy atom. The van der Waals surface area contributed by atoms with Crippen LogP contribution in [0.4, 0.5) is 0 Å². The molecule has 2 aromatic carbocycles. The third kappa shape index (κ3) is 7.90. The van der Waals surface area contributed by atoms with Gasteiger partial charge in [-0.2, -0.15) is 0 Å². The molecule has 1 aromatic heterocycles.